The molecule has 0 bridgehead atoms. The van der Waals surface area contributed by atoms with Crippen LogP contribution in [-0.2, 0) is 11.3 Å². The second-order valence-corrected chi connectivity index (χ2v) is 7.38. The van der Waals surface area contributed by atoms with Crippen LogP contribution < -0.4 is 20.3 Å². The average molecular weight is 529 g/mol. The number of thiophene rings is 1. The van der Waals surface area contributed by atoms with E-state index in [-0.39, 0.29) is 36.4 Å². The number of ether oxygens (including phenoxy) is 1. The lowest BCUT2D eigenvalue weighted by Crippen LogP contribution is -2.53. The predicted octanol–water partition coefficient (Wildman–Crippen LogP) is 2.39. The Morgan fingerprint density at radius 2 is 1.86 bits per heavy atom. The summed E-state index contributed by atoms with van der Waals surface area (Å²) in [5.41, 5.74) is 1.03. The number of amides is 1. The lowest BCUT2D eigenvalue weighted by atomic mass is 10.2. The highest BCUT2D eigenvalue weighted by Gasteiger charge is 2.20. The molecule has 158 valence electrons. The number of nitrogens with zero attached hydrogens (tertiary/aromatic N) is 3. The van der Waals surface area contributed by atoms with Crippen LogP contribution in [0.2, 0.25) is 0 Å². The summed E-state index contributed by atoms with van der Waals surface area (Å²) in [5.74, 6) is 1.51. The number of anilines is 1. The van der Waals surface area contributed by atoms with Gasteiger partial charge in [-0.2, -0.15) is 0 Å². The topological polar surface area (TPSA) is 69.2 Å². The summed E-state index contributed by atoms with van der Waals surface area (Å²) in [4.78, 5) is 21.1. The zero-order valence-corrected chi connectivity index (χ0v) is 19.9. The third-order valence-electron chi connectivity index (χ3n) is 4.66. The maximum absolute atomic E-state index is 12.2. The van der Waals surface area contributed by atoms with Crippen molar-refractivity contribution in [2.75, 3.05) is 51.8 Å². The summed E-state index contributed by atoms with van der Waals surface area (Å²) in [5, 5.41) is 9.50. The molecule has 2 N–H and O–H groups in total. The number of carbonyl (C=O) groups excluding carboxylic acids is 1. The summed E-state index contributed by atoms with van der Waals surface area (Å²) in [7, 11) is 3.39. The zero-order valence-electron chi connectivity index (χ0n) is 16.8. The van der Waals surface area contributed by atoms with E-state index in [4.69, 9.17) is 4.74 Å². The lowest BCUT2D eigenvalue weighted by molar-refractivity contribution is -0.120. The van der Waals surface area contributed by atoms with Gasteiger partial charge in [0, 0.05) is 39.8 Å². The number of benzene rings is 1. The molecule has 2 aromatic rings. The van der Waals surface area contributed by atoms with Crippen LogP contribution >= 0.6 is 35.3 Å². The first-order valence-corrected chi connectivity index (χ1v) is 10.2. The van der Waals surface area contributed by atoms with Crippen molar-refractivity contribution in [2.45, 2.75) is 6.54 Å². The van der Waals surface area contributed by atoms with Crippen molar-refractivity contribution >= 4 is 52.2 Å². The molecule has 0 radical (unpaired) electrons. The van der Waals surface area contributed by atoms with Crippen molar-refractivity contribution in [3.8, 4) is 5.75 Å². The molecule has 1 amide bonds. The molecule has 1 aliphatic rings. The van der Waals surface area contributed by atoms with Gasteiger partial charge in [-0.1, -0.05) is 12.1 Å². The molecule has 1 aliphatic heterocycles. The number of hydrogen-bond acceptors (Lipinski definition) is 5. The van der Waals surface area contributed by atoms with Crippen molar-refractivity contribution in [2.24, 2.45) is 4.99 Å². The highest BCUT2D eigenvalue weighted by atomic mass is 127. The predicted molar refractivity (Wildman–Crippen MR) is 130 cm³/mol. The van der Waals surface area contributed by atoms with Crippen LogP contribution in [0.5, 0.6) is 5.75 Å². The molecule has 1 aromatic carbocycles. The van der Waals surface area contributed by atoms with Gasteiger partial charge >= 0.3 is 0 Å². The van der Waals surface area contributed by atoms with Crippen LogP contribution in [0.3, 0.4) is 0 Å². The van der Waals surface area contributed by atoms with Crippen LogP contribution in [0.15, 0.2) is 46.8 Å². The van der Waals surface area contributed by atoms with Crippen molar-refractivity contribution in [1.29, 1.82) is 0 Å². The number of methoxy groups -OCH3 is 1. The Balaban J connectivity index is 0.00000300. The fraction of sp³-hybridized carbons (Fsp3) is 0.400. The van der Waals surface area contributed by atoms with Gasteiger partial charge in [-0.25, -0.2) is 0 Å². The summed E-state index contributed by atoms with van der Waals surface area (Å²) in [6.07, 6.45) is 0. The van der Waals surface area contributed by atoms with Crippen LogP contribution in [0.4, 0.5) is 5.00 Å². The number of aliphatic imine (C=N–C) groups is 1. The van der Waals surface area contributed by atoms with Crippen LogP contribution in [0.25, 0.3) is 0 Å². The minimum atomic E-state index is -0.0609. The number of halogens is 1. The number of nitrogens with one attached hydrogen (secondary N) is 2. The molecule has 1 saturated heterocycles. The van der Waals surface area contributed by atoms with Gasteiger partial charge in [0.25, 0.3) is 0 Å². The van der Waals surface area contributed by atoms with E-state index in [0.29, 0.717) is 6.54 Å². The normalized spacial score (nSPS) is 14.2. The van der Waals surface area contributed by atoms with Gasteiger partial charge in [-0.05, 0) is 35.2 Å². The standard InChI is InChI=1S/C20H27N5O2S.HI/c1-21-20(25-11-9-24(10-12-25)19-4-3-13-28-19)23-15-18(26)22-14-16-5-7-17(27-2)8-6-16;/h3-8,13H,9-12,14-15H2,1-2H3,(H,21,23)(H,22,26);1H. The molecule has 9 heteroatoms. The fourth-order valence-electron chi connectivity index (χ4n) is 3.09. The van der Waals surface area contributed by atoms with E-state index in [1.165, 1.54) is 5.00 Å². The Morgan fingerprint density at radius 3 is 2.45 bits per heavy atom. The number of guanidine groups is 1. The summed E-state index contributed by atoms with van der Waals surface area (Å²) in [6, 6.07) is 11.9. The molecule has 7 nitrogen and oxygen atoms in total. The Morgan fingerprint density at radius 1 is 1.14 bits per heavy atom. The van der Waals surface area contributed by atoms with Crippen molar-refractivity contribution in [3.63, 3.8) is 0 Å². The summed E-state index contributed by atoms with van der Waals surface area (Å²) >= 11 is 1.77. The molecule has 1 aromatic heterocycles. The summed E-state index contributed by atoms with van der Waals surface area (Å²) < 4.78 is 5.14. The third kappa shape index (κ3) is 6.77. The van der Waals surface area contributed by atoms with Crippen molar-refractivity contribution < 1.29 is 9.53 Å². The fourth-order valence-corrected chi connectivity index (χ4v) is 3.87. The summed E-state index contributed by atoms with van der Waals surface area (Å²) in [6.45, 7) is 4.35. The SMILES string of the molecule is CN=C(NCC(=O)NCc1ccc(OC)cc1)N1CCN(c2cccs2)CC1.I. The molecule has 29 heavy (non-hydrogen) atoms. The van der Waals surface area contributed by atoms with E-state index in [0.717, 1.165) is 43.5 Å². The average Bonchev–Trinajstić information content (AvgIpc) is 3.28. The van der Waals surface area contributed by atoms with Gasteiger partial charge < -0.3 is 25.2 Å². The molecular formula is C20H28IN5O2S. The molecule has 0 saturated carbocycles. The van der Waals surface area contributed by atoms with E-state index < -0.39 is 0 Å². The molecule has 2 heterocycles. The number of hydrogen-bond donors (Lipinski definition) is 2. The van der Waals surface area contributed by atoms with Crippen molar-refractivity contribution in [1.82, 2.24) is 15.5 Å². The minimum absolute atomic E-state index is 0. The second kappa shape index (κ2) is 11.9. The molecular weight excluding hydrogens is 501 g/mol. The maximum atomic E-state index is 12.2. The zero-order chi connectivity index (χ0) is 19.8. The Labute approximate surface area is 193 Å². The highest BCUT2D eigenvalue weighted by Crippen LogP contribution is 2.22. The van der Waals surface area contributed by atoms with E-state index in [9.17, 15) is 4.79 Å². The van der Waals surface area contributed by atoms with E-state index in [1.54, 1.807) is 25.5 Å². The quantitative estimate of drug-likeness (QED) is 0.342. The van der Waals surface area contributed by atoms with E-state index in [1.807, 2.05) is 24.3 Å². The maximum Gasteiger partial charge on any atom is 0.239 e. The molecule has 3 rings (SSSR count). The molecule has 0 aliphatic carbocycles. The molecule has 0 unspecified atom stereocenters. The molecule has 0 spiro atoms. The van der Waals surface area contributed by atoms with Gasteiger partial charge in [0.2, 0.25) is 5.91 Å². The number of carbonyl (C=O) groups is 1. The second-order valence-electron chi connectivity index (χ2n) is 6.45. The number of rotatable bonds is 6. The Kier molecular flexibility index (Phi) is 9.52. The van der Waals surface area contributed by atoms with Crippen LogP contribution in [-0.4, -0.2) is 63.6 Å². The Hall–Kier alpha value is -2.01. The van der Waals surface area contributed by atoms with Gasteiger partial charge in [-0.15, -0.1) is 35.3 Å². The lowest BCUT2D eigenvalue weighted by Gasteiger charge is -2.36. The first-order chi connectivity index (χ1) is 13.7. The molecule has 1 fully saturated rings. The first kappa shape index (κ1) is 23.3. The first-order valence-electron chi connectivity index (χ1n) is 9.33. The highest BCUT2D eigenvalue weighted by molar-refractivity contribution is 14.0. The smallest absolute Gasteiger partial charge is 0.239 e. The monoisotopic (exact) mass is 529 g/mol. The van der Waals surface area contributed by atoms with Crippen molar-refractivity contribution in [3.05, 3.63) is 47.3 Å². The van der Waals surface area contributed by atoms with E-state index in [2.05, 4.69) is 42.9 Å². The van der Waals surface area contributed by atoms with Crippen LogP contribution in [0, 0.1) is 0 Å². The number of piperazine rings is 1. The van der Waals surface area contributed by atoms with Crippen LogP contribution in [0.1, 0.15) is 5.56 Å². The van der Waals surface area contributed by atoms with E-state index >= 15 is 0 Å². The Bertz CT molecular complexity index is 775. The van der Waals surface area contributed by atoms with Gasteiger partial charge in [-0.3, -0.25) is 9.79 Å². The van der Waals surface area contributed by atoms with Gasteiger partial charge in [0.15, 0.2) is 5.96 Å². The third-order valence-corrected chi connectivity index (χ3v) is 5.59. The van der Waals surface area contributed by atoms with Gasteiger partial charge in [0.05, 0.1) is 18.7 Å². The molecule has 0 atom stereocenters. The minimum Gasteiger partial charge on any atom is -0.497 e. The van der Waals surface area contributed by atoms with Gasteiger partial charge in [0.1, 0.15) is 5.75 Å². The largest absolute Gasteiger partial charge is 0.497 e.